The minimum Gasteiger partial charge on any atom is -0.458 e. The maximum absolute atomic E-state index is 6.87. The third-order valence-electron chi connectivity index (χ3n) is 15.1. The number of ether oxygens (including phenoxy) is 1. The molecular formula is C68H52N4O2. The second-order valence-corrected chi connectivity index (χ2v) is 21.8. The SMILES string of the molecule is CC(C)(C)c1ccnc(-n2c3ccccc3c3ccc(Oc4cccc(-n5[c-][n+]6c7c(cccc75)-c5ccccc5-c5ccc(-c7ccc8oc9ccccc9c8c7)cc5-c5cccc(C(C)(C)C)c5-6)c4)cc32)c1. The lowest BCUT2D eigenvalue weighted by Gasteiger charge is -2.26. The number of aromatic nitrogens is 4. The Hall–Kier alpha value is -9.00. The van der Waals surface area contributed by atoms with Crippen LogP contribution in [0.4, 0.5) is 0 Å². The molecule has 0 saturated heterocycles. The first-order chi connectivity index (χ1) is 35.9. The second kappa shape index (κ2) is 16.3. The zero-order valence-corrected chi connectivity index (χ0v) is 42.2. The monoisotopic (exact) mass is 956 g/mol. The van der Waals surface area contributed by atoms with Crippen molar-refractivity contribution in [3.05, 3.63) is 224 Å². The molecule has 0 radical (unpaired) electrons. The fraction of sp³-hybridized carbons (Fsp3) is 0.118. The molecule has 5 heterocycles. The lowest BCUT2D eigenvalue weighted by atomic mass is 9.82. The van der Waals surface area contributed by atoms with E-state index >= 15 is 0 Å². The van der Waals surface area contributed by atoms with Gasteiger partial charge >= 0.3 is 0 Å². The summed E-state index contributed by atoms with van der Waals surface area (Å²) in [4.78, 5) is 4.92. The summed E-state index contributed by atoms with van der Waals surface area (Å²) in [5.74, 6) is 2.34. The van der Waals surface area contributed by atoms with Crippen molar-refractivity contribution in [3.8, 4) is 73.2 Å². The number of pyridine rings is 1. The van der Waals surface area contributed by atoms with E-state index in [9.17, 15) is 0 Å². The number of benzene rings is 9. The molecule has 0 atom stereocenters. The minimum absolute atomic E-state index is 0.0268. The van der Waals surface area contributed by atoms with E-state index in [1.54, 1.807) is 0 Å². The molecule has 13 aromatic rings. The maximum atomic E-state index is 6.87. The highest BCUT2D eigenvalue weighted by Gasteiger charge is 2.29. The first kappa shape index (κ1) is 43.8. The van der Waals surface area contributed by atoms with Gasteiger partial charge < -0.3 is 9.15 Å². The largest absolute Gasteiger partial charge is 0.458 e. The Morgan fingerprint density at radius 3 is 1.99 bits per heavy atom. The molecule has 0 unspecified atom stereocenters. The highest BCUT2D eigenvalue weighted by molar-refractivity contribution is 6.10. The number of rotatable bonds is 5. The number of furan rings is 1. The molecule has 0 aliphatic carbocycles. The van der Waals surface area contributed by atoms with Crippen molar-refractivity contribution in [2.75, 3.05) is 0 Å². The third-order valence-corrected chi connectivity index (χ3v) is 15.1. The number of imidazole rings is 1. The molecule has 0 amide bonds. The Labute approximate surface area is 430 Å². The van der Waals surface area contributed by atoms with Gasteiger partial charge in [-0.15, -0.1) is 0 Å². The van der Waals surface area contributed by atoms with Crippen LogP contribution in [0.2, 0.25) is 0 Å². The molecule has 9 aromatic carbocycles. The first-order valence-corrected chi connectivity index (χ1v) is 25.5. The maximum Gasteiger partial charge on any atom is 0.269 e. The van der Waals surface area contributed by atoms with E-state index in [0.717, 1.165) is 111 Å². The molecule has 74 heavy (non-hydrogen) atoms. The fourth-order valence-corrected chi connectivity index (χ4v) is 11.5. The summed E-state index contributed by atoms with van der Waals surface area (Å²) in [6.07, 6.45) is 5.90. The van der Waals surface area contributed by atoms with Crippen molar-refractivity contribution in [3.63, 3.8) is 0 Å². The highest BCUT2D eigenvalue weighted by atomic mass is 16.5. The molecule has 6 nitrogen and oxygen atoms in total. The molecule has 356 valence electrons. The van der Waals surface area contributed by atoms with E-state index in [0.29, 0.717) is 0 Å². The summed E-state index contributed by atoms with van der Waals surface area (Å²) in [5.41, 5.74) is 19.5. The van der Waals surface area contributed by atoms with Gasteiger partial charge in [0.05, 0.1) is 33.4 Å². The first-order valence-electron chi connectivity index (χ1n) is 25.5. The van der Waals surface area contributed by atoms with Gasteiger partial charge in [0.25, 0.3) is 6.33 Å². The number of para-hydroxylation sites is 4. The zero-order chi connectivity index (χ0) is 50.0. The van der Waals surface area contributed by atoms with Crippen LogP contribution in [0, 0.1) is 6.33 Å². The van der Waals surface area contributed by atoms with E-state index in [1.165, 1.54) is 27.6 Å². The van der Waals surface area contributed by atoms with E-state index in [4.69, 9.17) is 14.1 Å². The normalized spacial score (nSPS) is 12.5. The third kappa shape index (κ3) is 6.93. The summed E-state index contributed by atoms with van der Waals surface area (Å²) < 4.78 is 19.9. The Kier molecular flexibility index (Phi) is 9.61. The van der Waals surface area contributed by atoms with E-state index < -0.39 is 0 Å². The van der Waals surface area contributed by atoms with Crippen molar-refractivity contribution in [2.24, 2.45) is 0 Å². The number of fused-ring (bicyclic) bond motifs is 13. The average Bonchev–Trinajstić information content (AvgIpc) is 4.11. The van der Waals surface area contributed by atoms with Crippen molar-refractivity contribution < 1.29 is 13.7 Å². The van der Waals surface area contributed by atoms with Crippen LogP contribution in [0.15, 0.2) is 211 Å². The van der Waals surface area contributed by atoms with Crippen molar-refractivity contribution >= 4 is 54.8 Å². The van der Waals surface area contributed by atoms with Crippen LogP contribution in [-0.2, 0) is 10.8 Å². The van der Waals surface area contributed by atoms with Gasteiger partial charge in [0, 0.05) is 33.8 Å². The zero-order valence-electron chi connectivity index (χ0n) is 42.2. The molecule has 0 bridgehead atoms. The Morgan fingerprint density at radius 2 is 1.14 bits per heavy atom. The predicted molar refractivity (Wildman–Crippen MR) is 302 cm³/mol. The average molecular weight is 957 g/mol. The van der Waals surface area contributed by atoms with Gasteiger partial charge in [-0.1, -0.05) is 163 Å². The van der Waals surface area contributed by atoms with E-state index in [-0.39, 0.29) is 10.8 Å². The second-order valence-electron chi connectivity index (χ2n) is 21.8. The van der Waals surface area contributed by atoms with Gasteiger partial charge in [-0.25, -0.2) is 4.98 Å². The van der Waals surface area contributed by atoms with Crippen LogP contribution in [0.5, 0.6) is 11.5 Å². The van der Waals surface area contributed by atoms with Gasteiger partial charge in [0.15, 0.2) is 0 Å². The summed E-state index contributed by atoms with van der Waals surface area (Å²) >= 11 is 0. The summed E-state index contributed by atoms with van der Waals surface area (Å²) in [7, 11) is 0. The molecule has 0 spiro atoms. The van der Waals surface area contributed by atoms with Gasteiger partial charge in [-0.2, -0.15) is 0 Å². The smallest absolute Gasteiger partial charge is 0.269 e. The fourth-order valence-electron chi connectivity index (χ4n) is 11.5. The van der Waals surface area contributed by atoms with Gasteiger partial charge in [0.2, 0.25) is 0 Å². The van der Waals surface area contributed by atoms with E-state index in [1.807, 2.05) is 24.4 Å². The molecule has 6 heteroatoms. The van der Waals surface area contributed by atoms with Crippen molar-refractivity contribution in [1.82, 2.24) is 14.1 Å². The van der Waals surface area contributed by atoms with E-state index in [2.05, 4.69) is 244 Å². The molecule has 1 aliphatic heterocycles. The summed E-state index contributed by atoms with van der Waals surface area (Å²) in [5, 5.41) is 4.55. The quantitative estimate of drug-likeness (QED) is 0.128. The predicted octanol–water partition coefficient (Wildman–Crippen LogP) is 17.5. The van der Waals surface area contributed by atoms with Crippen LogP contribution >= 0.6 is 0 Å². The molecule has 0 fully saturated rings. The number of hydrogen-bond donors (Lipinski definition) is 0. The molecule has 0 saturated carbocycles. The van der Waals surface area contributed by atoms with Crippen LogP contribution < -0.4 is 9.30 Å². The number of nitrogens with zero attached hydrogens (tertiary/aromatic N) is 4. The molecule has 1 aliphatic rings. The lowest BCUT2D eigenvalue weighted by molar-refractivity contribution is -0.572. The molecule has 14 rings (SSSR count). The lowest BCUT2D eigenvalue weighted by Crippen LogP contribution is -2.35. The summed E-state index contributed by atoms with van der Waals surface area (Å²) in [6, 6.07) is 71.8. The standard InChI is InChI=1S/C68H52N4O2/c1-67(2,3)44-34-35-69-64(38-44)72-59-25-11-9-20-51(59)52-32-30-47(40-61(52)72)73-46-17-13-16-45(39-46)70-41-71-65-55(22-14-24-58(65)68(4,5)6)56-36-42(43-29-33-63-57(37-43)53-21-10-12-27-62(53)74-63)28-31-50(56)48-18-7-8-19-49(48)54-23-15-26-60(70)66(54)71/h7-40H,1-6H3. The Bertz CT molecular complexity index is 4440. The highest BCUT2D eigenvalue weighted by Crippen LogP contribution is 2.47. The summed E-state index contributed by atoms with van der Waals surface area (Å²) in [6.45, 7) is 13.6. The Balaban J connectivity index is 0.937. The van der Waals surface area contributed by atoms with Crippen molar-refractivity contribution in [2.45, 2.75) is 52.4 Å². The Morgan fingerprint density at radius 1 is 0.473 bits per heavy atom. The topological polar surface area (TPSA) is 49.0 Å². The molecule has 4 aromatic heterocycles. The van der Waals surface area contributed by atoms with Gasteiger partial charge in [-0.3, -0.25) is 13.7 Å². The van der Waals surface area contributed by atoms with Crippen LogP contribution in [0.1, 0.15) is 52.7 Å². The van der Waals surface area contributed by atoms with Crippen LogP contribution in [-0.4, -0.2) is 14.1 Å². The van der Waals surface area contributed by atoms with Crippen molar-refractivity contribution in [1.29, 1.82) is 0 Å². The van der Waals surface area contributed by atoms with Gasteiger partial charge in [0.1, 0.15) is 28.5 Å². The minimum atomic E-state index is -0.215. The number of hydrogen-bond acceptors (Lipinski definition) is 3. The molecular weight excluding hydrogens is 905 g/mol. The van der Waals surface area contributed by atoms with Crippen LogP contribution in [0.3, 0.4) is 0 Å². The van der Waals surface area contributed by atoms with Gasteiger partial charge in [-0.05, 0) is 139 Å². The molecule has 0 N–H and O–H groups in total. The van der Waals surface area contributed by atoms with Crippen LogP contribution in [0.25, 0.3) is 116 Å².